The number of sulfonamides is 1. The van der Waals surface area contributed by atoms with Gasteiger partial charge < -0.3 is 4.40 Å². The first-order chi connectivity index (χ1) is 19.3. The Hall–Kier alpha value is -3.56. The summed E-state index contributed by atoms with van der Waals surface area (Å²) in [6, 6.07) is 25.1. The van der Waals surface area contributed by atoms with Gasteiger partial charge in [0.1, 0.15) is 11.5 Å². The van der Waals surface area contributed by atoms with Gasteiger partial charge in [-0.1, -0.05) is 59.6 Å². The fraction of sp³-hybridized carbons (Fsp3) is 0.194. The number of hydrogen-bond acceptors (Lipinski definition) is 4. The van der Waals surface area contributed by atoms with Crippen LogP contribution in [0.15, 0.2) is 96.0 Å². The summed E-state index contributed by atoms with van der Waals surface area (Å²) in [5.74, 6) is -0.459. The molecule has 0 N–H and O–H groups in total. The molecular formula is C31H28ClFN4O2S. The zero-order chi connectivity index (χ0) is 27.9. The first-order valence-electron chi connectivity index (χ1n) is 13.1. The molecule has 0 unspecified atom stereocenters. The molecule has 0 aliphatic carbocycles. The number of hydrogen-bond donors (Lipinski definition) is 0. The van der Waals surface area contributed by atoms with Crippen molar-refractivity contribution < 1.29 is 12.8 Å². The molecule has 0 radical (unpaired) electrons. The minimum absolute atomic E-state index is 0.109. The molecule has 6 nitrogen and oxygen atoms in total. The number of aromatic nitrogens is 2. The first kappa shape index (κ1) is 26.7. The van der Waals surface area contributed by atoms with Crippen molar-refractivity contribution in [2.75, 3.05) is 26.2 Å². The summed E-state index contributed by atoms with van der Waals surface area (Å²) in [4.78, 5) is 7.36. The third kappa shape index (κ3) is 5.15. The lowest BCUT2D eigenvalue weighted by Gasteiger charge is -2.34. The Morgan fingerprint density at radius 3 is 2.23 bits per heavy atom. The summed E-state index contributed by atoms with van der Waals surface area (Å²) in [5.41, 5.74) is 6.90. The summed E-state index contributed by atoms with van der Waals surface area (Å²) < 4.78 is 43.2. The highest BCUT2D eigenvalue weighted by Gasteiger charge is 2.29. The van der Waals surface area contributed by atoms with Crippen LogP contribution >= 0.6 is 11.6 Å². The standard InChI is InChI=1S/C31H28ClFN4O2S/c1-22-6-8-23(9-7-22)31-29(37-20-24(10-15-30(37)34-31)27-4-2-3-5-28(27)32)21-35-16-18-36(19-17-35)40(38,39)26-13-11-25(33)12-14-26/h2-15,20H,16-19,21H2,1H3. The minimum Gasteiger partial charge on any atom is -0.301 e. The maximum absolute atomic E-state index is 13.3. The first-order valence-corrected chi connectivity index (χ1v) is 14.9. The molecule has 0 saturated carbocycles. The van der Waals surface area contributed by atoms with Crippen LogP contribution < -0.4 is 0 Å². The molecule has 0 amide bonds. The van der Waals surface area contributed by atoms with Gasteiger partial charge in [-0.15, -0.1) is 0 Å². The second-order valence-electron chi connectivity index (χ2n) is 10.0. The van der Waals surface area contributed by atoms with Crippen LogP contribution in [-0.2, 0) is 16.6 Å². The van der Waals surface area contributed by atoms with Gasteiger partial charge in [0.25, 0.3) is 0 Å². The van der Waals surface area contributed by atoms with Crippen LogP contribution in [0.5, 0.6) is 0 Å². The molecule has 3 heterocycles. The van der Waals surface area contributed by atoms with E-state index in [0.717, 1.165) is 33.7 Å². The molecule has 0 spiro atoms. The quantitative estimate of drug-likeness (QED) is 0.240. The van der Waals surface area contributed by atoms with E-state index in [1.54, 1.807) is 0 Å². The Balaban J connectivity index is 1.32. The van der Waals surface area contributed by atoms with Crippen molar-refractivity contribution in [3.63, 3.8) is 0 Å². The summed E-state index contributed by atoms with van der Waals surface area (Å²) in [5, 5.41) is 0.681. The normalized spacial score (nSPS) is 15.1. The summed E-state index contributed by atoms with van der Waals surface area (Å²) >= 11 is 6.52. The zero-order valence-corrected chi connectivity index (χ0v) is 23.5. The van der Waals surface area contributed by atoms with Gasteiger partial charge in [0.05, 0.1) is 16.3 Å². The molecule has 1 aliphatic rings. The molecule has 1 aliphatic heterocycles. The molecule has 1 fully saturated rings. The van der Waals surface area contributed by atoms with E-state index in [9.17, 15) is 12.8 Å². The van der Waals surface area contributed by atoms with Gasteiger partial charge in [0.15, 0.2) is 0 Å². The maximum atomic E-state index is 13.3. The van der Waals surface area contributed by atoms with Crippen molar-refractivity contribution in [1.82, 2.24) is 18.6 Å². The van der Waals surface area contributed by atoms with Gasteiger partial charge in [0, 0.05) is 55.1 Å². The summed E-state index contributed by atoms with van der Waals surface area (Å²) in [6.45, 7) is 4.48. The van der Waals surface area contributed by atoms with E-state index >= 15 is 0 Å². The number of pyridine rings is 1. The third-order valence-electron chi connectivity index (χ3n) is 7.38. The van der Waals surface area contributed by atoms with E-state index in [-0.39, 0.29) is 4.90 Å². The number of nitrogens with zero attached hydrogens (tertiary/aromatic N) is 4. The molecule has 40 heavy (non-hydrogen) atoms. The predicted molar refractivity (Wildman–Crippen MR) is 156 cm³/mol. The monoisotopic (exact) mass is 574 g/mol. The van der Waals surface area contributed by atoms with Gasteiger partial charge >= 0.3 is 0 Å². The molecule has 9 heteroatoms. The largest absolute Gasteiger partial charge is 0.301 e. The van der Waals surface area contributed by atoms with Gasteiger partial charge in [-0.05, 0) is 55.0 Å². The van der Waals surface area contributed by atoms with E-state index in [1.165, 1.54) is 34.1 Å². The number of halogens is 2. The van der Waals surface area contributed by atoms with Crippen LogP contribution in [-0.4, -0.2) is 53.2 Å². The highest BCUT2D eigenvalue weighted by Crippen LogP contribution is 2.31. The van der Waals surface area contributed by atoms with E-state index in [2.05, 4.69) is 46.7 Å². The number of aryl methyl sites for hydroxylation is 1. The van der Waals surface area contributed by atoms with Gasteiger partial charge in [-0.25, -0.2) is 17.8 Å². The molecule has 204 valence electrons. The maximum Gasteiger partial charge on any atom is 0.243 e. The fourth-order valence-electron chi connectivity index (χ4n) is 5.14. The van der Waals surface area contributed by atoms with Gasteiger partial charge in [0.2, 0.25) is 10.0 Å². The second kappa shape index (κ2) is 10.8. The Labute approximate surface area is 238 Å². The van der Waals surface area contributed by atoms with E-state index in [0.29, 0.717) is 37.7 Å². The average molecular weight is 575 g/mol. The molecular weight excluding hydrogens is 547 g/mol. The molecule has 6 rings (SSSR count). The molecule has 1 saturated heterocycles. The SMILES string of the molecule is Cc1ccc(-c2nc3ccc(-c4ccccc4Cl)cn3c2CN2CCN(S(=O)(=O)c3ccc(F)cc3)CC2)cc1. The lowest BCUT2D eigenvalue weighted by atomic mass is 10.1. The number of imidazole rings is 1. The predicted octanol–water partition coefficient (Wildman–Crippen LogP) is 6.28. The van der Waals surface area contributed by atoms with Crippen LogP contribution in [0.4, 0.5) is 4.39 Å². The number of fused-ring (bicyclic) bond motifs is 1. The summed E-state index contributed by atoms with van der Waals surface area (Å²) in [6.07, 6.45) is 2.08. The van der Waals surface area contributed by atoms with E-state index in [1.807, 2.05) is 36.4 Å². The van der Waals surface area contributed by atoms with Gasteiger partial charge in [-0.2, -0.15) is 4.31 Å². The highest BCUT2D eigenvalue weighted by atomic mass is 35.5. The molecule has 2 aromatic heterocycles. The van der Waals surface area contributed by atoms with Crippen molar-refractivity contribution in [1.29, 1.82) is 0 Å². The van der Waals surface area contributed by atoms with Crippen LogP contribution in [0.2, 0.25) is 5.02 Å². The van der Waals surface area contributed by atoms with Crippen LogP contribution in [0.25, 0.3) is 28.0 Å². The number of rotatable bonds is 6. The molecule has 0 bridgehead atoms. The van der Waals surface area contributed by atoms with Crippen molar-refractivity contribution in [3.05, 3.63) is 113 Å². The minimum atomic E-state index is -3.68. The lowest BCUT2D eigenvalue weighted by Crippen LogP contribution is -2.48. The Morgan fingerprint density at radius 1 is 0.850 bits per heavy atom. The fourth-order valence-corrected chi connectivity index (χ4v) is 6.80. The van der Waals surface area contributed by atoms with Crippen LogP contribution in [0.3, 0.4) is 0 Å². The van der Waals surface area contributed by atoms with E-state index < -0.39 is 15.8 Å². The molecule has 3 aromatic carbocycles. The second-order valence-corrected chi connectivity index (χ2v) is 12.4. The average Bonchev–Trinajstić information content (AvgIpc) is 3.31. The Morgan fingerprint density at radius 2 is 1.52 bits per heavy atom. The Kier molecular flexibility index (Phi) is 7.18. The van der Waals surface area contributed by atoms with Crippen molar-refractivity contribution >= 4 is 27.3 Å². The topological polar surface area (TPSA) is 57.9 Å². The van der Waals surface area contributed by atoms with Crippen molar-refractivity contribution in [2.24, 2.45) is 0 Å². The molecule has 5 aromatic rings. The van der Waals surface area contributed by atoms with Crippen molar-refractivity contribution in [3.8, 4) is 22.4 Å². The van der Waals surface area contributed by atoms with Crippen LogP contribution in [0.1, 0.15) is 11.3 Å². The smallest absolute Gasteiger partial charge is 0.243 e. The zero-order valence-electron chi connectivity index (χ0n) is 22.0. The summed E-state index contributed by atoms with van der Waals surface area (Å²) in [7, 11) is -3.68. The van der Waals surface area contributed by atoms with E-state index in [4.69, 9.17) is 16.6 Å². The highest BCUT2D eigenvalue weighted by molar-refractivity contribution is 7.89. The number of piperazine rings is 1. The molecule has 0 atom stereocenters. The Bertz CT molecular complexity index is 1780. The van der Waals surface area contributed by atoms with Crippen molar-refractivity contribution in [2.45, 2.75) is 18.4 Å². The van der Waals surface area contributed by atoms with Crippen LogP contribution in [0, 0.1) is 12.7 Å². The van der Waals surface area contributed by atoms with Gasteiger partial charge in [-0.3, -0.25) is 4.90 Å². The third-order valence-corrected chi connectivity index (χ3v) is 9.63. The number of benzene rings is 3. The lowest BCUT2D eigenvalue weighted by molar-refractivity contribution is 0.180.